The summed E-state index contributed by atoms with van der Waals surface area (Å²) in [5, 5.41) is 9.88. The first-order chi connectivity index (χ1) is 7.16. The molecule has 0 bridgehead atoms. The van der Waals surface area contributed by atoms with Gasteiger partial charge in [0.05, 0.1) is 0 Å². The topological polar surface area (TPSA) is 54.4 Å². The third-order valence-electron chi connectivity index (χ3n) is 2.00. The van der Waals surface area contributed by atoms with Crippen molar-refractivity contribution in [1.29, 1.82) is 0 Å². The van der Waals surface area contributed by atoms with Gasteiger partial charge in [0.15, 0.2) is 9.84 Å². The molecule has 0 aliphatic rings. The van der Waals surface area contributed by atoms with E-state index in [9.17, 15) is 17.9 Å². The zero-order valence-electron chi connectivity index (χ0n) is 8.19. The summed E-state index contributed by atoms with van der Waals surface area (Å²) in [6.07, 6.45) is -0.369. The van der Waals surface area contributed by atoms with Crippen molar-refractivity contribution in [3.63, 3.8) is 0 Å². The molecule has 1 atom stereocenters. The van der Waals surface area contributed by atoms with Crippen LogP contribution in [0.5, 0.6) is 0 Å². The average molecular weight is 376 g/mol. The maximum absolute atomic E-state index is 12.7. The second-order valence-electron chi connectivity index (χ2n) is 3.29. The Labute approximate surface area is 110 Å². The number of rotatable bonds is 3. The molecule has 0 aromatic heterocycles. The Kier molecular flexibility index (Phi) is 4.15. The largest absolute Gasteiger partial charge is 0.385 e. The molecule has 0 saturated carbocycles. The summed E-state index contributed by atoms with van der Waals surface area (Å²) in [5.41, 5.74) is 0.292. The van der Waals surface area contributed by atoms with Crippen LogP contribution in [-0.2, 0) is 9.84 Å². The first-order valence-electron chi connectivity index (χ1n) is 4.17. The molecule has 1 aromatic rings. The smallest absolute Gasteiger partial charge is 0.210 e. The normalized spacial score (nSPS) is 14.8. The lowest BCUT2D eigenvalue weighted by molar-refractivity contribution is 0.189. The van der Waals surface area contributed by atoms with Crippen molar-refractivity contribution in [3.8, 4) is 0 Å². The van der Waals surface area contributed by atoms with E-state index < -0.39 is 24.3 Å². The molecule has 3 nitrogen and oxygen atoms in total. The van der Waals surface area contributed by atoms with Crippen LogP contribution in [0.3, 0.4) is 0 Å². The van der Waals surface area contributed by atoms with Gasteiger partial charge < -0.3 is 5.11 Å². The van der Waals surface area contributed by atoms with E-state index in [-0.39, 0.29) is 0 Å². The molecule has 0 heterocycles. The fraction of sp³-hybridized carbons (Fsp3) is 0.333. The van der Waals surface area contributed by atoms with Gasteiger partial charge in [-0.15, -0.1) is 0 Å². The van der Waals surface area contributed by atoms with Crippen LogP contribution in [0.4, 0.5) is 4.39 Å². The zero-order valence-corrected chi connectivity index (χ0v) is 12.2. The maximum Gasteiger partial charge on any atom is 0.210 e. The lowest BCUT2D eigenvalue weighted by atomic mass is 10.1. The minimum absolute atomic E-state index is 0.292. The van der Waals surface area contributed by atoms with Crippen LogP contribution in [0.2, 0.25) is 0 Å². The average Bonchev–Trinajstić information content (AvgIpc) is 2.16. The molecule has 1 aromatic carbocycles. The third kappa shape index (κ3) is 2.82. The molecule has 0 amide bonds. The van der Waals surface area contributed by atoms with Crippen LogP contribution in [-0.4, -0.2) is 22.3 Å². The second kappa shape index (κ2) is 4.72. The Morgan fingerprint density at radius 3 is 2.12 bits per heavy atom. The highest BCUT2D eigenvalue weighted by Gasteiger charge is 2.43. The number of halogens is 3. The molecule has 7 heteroatoms. The van der Waals surface area contributed by atoms with Gasteiger partial charge in [0, 0.05) is 6.26 Å². The highest BCUT2D eigenvalue weighted by Crippen LogP contribution is 2.43. The van der Waals surface area contributed by atoms with E-state index in [1.165, 1.54) is 12.1 Å². The van der Waals surface area contributed by atoms with E-state index in [4.69, 9.17) is 0 Å². The van der Waals surface area contributed by atoms with Crippen LogP contribution in [0, 0.1) is 5.82 Å². The predicted molar refractivity (Wildman–Crippen MR) is 66.8 cm³/mol. The summed E-state index contributed by atoms with van der Waals surface area (Å²) in [6, 6.07) is 4.94. The fourth-order valence-corrected chi connectivity index (χ4v) is 2.11. The minimum Gasteiger partial charge on any atom is -0.385 e. The second-order valence-corrected chi connectivity index (χ2v) is 10.1. The molecule has 0 spiro atoms. The van der Waals surface area contributed by atoms with Gasteiger partial charge in [-0.1, -0.05) is 44.0 Å². The molecule has 1 N–H and O–H groups in total. The van der Waals surface area contributed by atoms with Gasteiger partial charge in [-0.3, -0.25) is 0 Å². The molecule has 1 unspecified atom stereocenters. The lowest BCUT2D eigenvalue weighted by Gasteiger charge is -2.24. The first-order valence-corrected chi connectivity index (χ1v) is 7.65. The Balaban J connectivity index is 3.12. The van der Waals surface area contributed by atoms with E-state index >= 15 is 0 Å². The number of aliphatic hydroxyl groups is 1. The summed E-state index contributed by atoms with van der Waals surface area (Å²) in [6.45, 7) is 0. The molecule has 0 saturated heterocycles. The predicted octanol–water partition coefficient (Wildman–Crippen LogP) is 2.35. The van der Waals surface area contributed by atoms with Crippen molar-refractivity contribution in [2.75, 3.05) is 6.26 Å². The van der Waals surface area contributed by atoms with Crippen LogP contribution >= 0.6 is 31.9 Å². The monoisotopic (exact) mass is 374 g/mol. The summed E-state index contributed by atoms with van der Waals surface area (Å²) in [4.78, 5) is 0. The molecule has 0 fully saturated rings. The number of benzene rings is 1. The summed E-state index contributed by atoms with van der Waals surface area (Å²) >= 11 is 5.82. The van der Waals surface area contributed by atoms with Gasteiger partial charge in [0.25, 0.3) is 0 Å². The van der Waals surface area contributed by atoms with Gasteiger partial charge >= 0.3 is 0 Å². The number of sulfone groups is 1. The molecule has 0 radical (unpaired) electrons. The molecule has 1 rings (SSSR count). The molecular weight excluding hydrogens is 367 g/mol. The van der Waals surface area contributed by atoms with Crippen molar-refractivity contribution in [1.82, 2.24) is 0 Å². The Morgan fingerprint density at radius 1 is 1.31 bits per heavy atom. The Hall–Kier alpha value is 0.0200. The molecule has 0 aliphatic carbocycles. The van der Waals surface area contributed by atoms with Crippen LogP contribution in [0.1, 0.15) is 11.7 Å². The standard InChI is InChI=1S/C9H9Br2FO3S/c1-16(14,15)9(10,11)8(13)6-2-4-7(12)5-3-6/h2-5,8,13H,1H3. The maximum atomic E-state index is 12.7. The van der Waals surface area contributed by atoms with Crippen LogP contribution in [0.15, 0.2) is 24.3 Å². The van der Waals surface area contributed by atoms with E-state index in [1.807, 2.05) is 0 Å². The van der Waals surface area contributed by atoms with E-state index in [0.29, 0.717) is 5.56 Å². The Bertz CT molecular complexity index is 470. The zero-order chi connectivity index (χ0) is 12.6. The van der Waals surface area contributed by atoms with Gasteiger partial charge in [-0.25, -0.2) is 12.8 Å². The quantitative estimate of drug-likeness (QED) is 0.825. The molecule has 90 valence electrons. The van der Waals surface area contributed by atoms with Crippen molar-refractivity contribution >= 4 is 41.7 Å². The molecular formula is C9H9Br2FO3S. The van der Waals surface area contributed by atoms with Gasteiger partial charge in [-0.05, 0) is 17.7 Å². The summed E-state index contributed by atoms with van der Waals surface area (Å²) < 4.78 is 33.8. The molecule has 16 heavy (non-hydrogen) atoms. The van der Waals surface area contributed by atoms with Crippen molar-refractivity contribution in [2.45, 2.75) is 8.67 Å². The van der Waals surface area contributed by atoms with E-state index in [2.05, 4.69) is 31.9 Å². The number of aliphatic hydroxyl groups excluding tert-OH is 1. The van der Waals surface area contributed by atoms with Gasteiger partial charge in [-0.2, -0.15) is 0 Å². The highest BCUT2D eigenvalue weighted by molar-refractivity contribution is 9.27. The minimum atomic E-state index is -3.57. The van der Waals surface area contributed by atoms with E-state index in [1.54, 1.807) is 0 Å². The number of alkyl halides is 2. The van der Waals surface area contributed by atoms with Gasteiger partial charge in [0.2, 0.25) is 2.57 Å². The third-order valence-corrected chi connectivity index (χ3v) is 7.61. The fourth-order valence-electron chi connectivity index (χ4n) is 1.04. The van der Waals surface area contributed by atoms with E-state index in [0.717, 1.165) is 18.4 Å². The number of hydrogen-bond acceptors (Lipinski definition) is 3. The van der Waals surface area contributed by atoms with Crippen LogP contribution < -0.4 is 0 Å². The highest BCUT2D eigenvalue weighted by atomic mass is 79.9. The first kappa shape index (κ1) is 14.1. The van der Waals surface area contributed by atoms with Crippen LogP contribution in [0.25, 0.3) is 0 Å². The Morgan fingerprint density at radius 2 is 1.75 bits per heavy atom. The van der Waals surface area contributed by atoms with Gasteiger partial charge in [0.1, 0.15) is 11.9 Å². The summed E-state index contributed by atoms with van der Waals surface area (Å²) in [7, 11) is -3.57. The SMILES string of the molecule is CS(=O)(=O)C(Br)(Br)C(O)c1ccc(F)cc1. The van der Waals surface area contributed by atoms with Crippen molar-refractivity contribution in [3.05, 3.63) is 35.6 Å². The summed E-state index contributed by atoms with van der Waals surface area (Å²) in [5.74, 6) is -0.454. The number of hydrogen-bond donors (Lipinski definition) is 1. The molecule has 0 aliphatic heterocycles. The van der Waals surface area contributed by atoms with Crippen molar-refractivity contribution < 1.29 is 17.9 Å². The lowest BCUT2D eigenvalue weighted by Crippen LogP contribution is -2.31. The van der Waals surface area contributed by atoms with Crippen molar-refractivity contribution in [2.24, 2.45) is 0 Å².